The second-order valence-corrected chi connectivity index (χ2v) is 7.07. The molecule has 0 spiro atoms. The summed E-state index contributed by atoms with van der Waals surface area (Å²) in [4.78, 5) is 29.8. The third kappa shape index (κ3) is 5.21. The fourth-order valence-corrected chi connectivity index (χ4v) is 3.20. The molecule has 1 saturated heterocycles. The summed E-state index contributed by atoms with van der Waals surface area (Å²) in [6.07, 6.45) is -0.634. The van der Waals surface area contributed by atoms with Crippen LogP contribution in [0.15, 0.2) is 30.5 Å². The van der Waals surface area contributed by atoms with Gasteiger partial charge in [0, 0.05) is 18.0 Å². The molecule has 2 amide bonds. The van der Waals surface area contributed by atoms with E-state index in [0.29, 0.717) is 10.9 Å². The average molecular weight is 435 g/mol. The van der Waals surface area contributed by atoms with Gasteiger partial charge in [-0.3, -0.25) is 14.6 Å². The number of carbonyl (C=O) groups is 2. The van der Waals surface area contributed by atoms with E-state index in [0.717, 1.165) is 4.90 Å². The van der Waals surface area contributed by atoms with Crippen molar-refractivity contribution in [2.24, 2.45) is 0 Å². The van der Waals surface area contributed by atoms with E-state index in [1.165, 1.54) is 18.3 Å². The van der Waals surface area contributed by atoms with Crippen LogP contribution < -0.4 is 10.1 Å². The highest BCUT2D eigenvalue weighted by Gasteiger charge is 2.47. The van der Waals surface area contributed by atoms with Crippen LogP contribution in [0.3, 0.4) is 0 Å². The molecule has 2 atom stereocenters. The Morgan fingerprint density at radius 1 is 1.42 bits per heavy atom. The number of alkyl halides is 3. The number of aliphatic hydroxyl groups excluding tert-OH is 1. The van der Waals surface area contributed by atoms with Gasteiger partial charge in [0.2, 0.25) is 5.91 Å². The molecule has 0 aliphatic carbocycles. The number of benzene rings is 1. The number of pyridine rings is 1. The maximum absolute atomic E-state index is 13.5. The summed E-state index contributed by atoms with van der Waals surface area (Å²) in [6.45, 7) is -2.68. The van der Waals surface area contributed by atoms with Gasteiger partial charge >= 0.3 is 0 Å². The maximum Gasteiger partial charge on any atom is 0.268 e. The lowest BCUT2D eigenvalue weighted by molar-refractivity contribution is -0.131. The Balaban J connectivity index is 1.71. The number of amides is 2. The number of rotatable bonds is 7. The number of hydrogen-bond donors (Lipinski definition) is 2. The van der Waals surface area contributed by atoms with Crippen molar-refractivity contribution in [3.05, 3.63) is 36.0 Å². The zero-order valence-electron chi connectivity index (χ0n) is 16.2. The lowest BCUT2D eigenvalue weighted by Crippen LogP contribution is -2.43. The SMILES string of the molecule is N#C[C@@H]1CC(F)(F)CN1C(=O)CNC(=O)c1ccnc2ccc(OCC(O)C[18F])cc12. The zero-order chi connectivity index (χ0) is 22.6. The summed E-state index contributed by atoms with van der Waals surface area (Å²) >= 11 is 0. The highest BCUT2D eigenvalue weighted by atomic mass is 19.3. The van der Waals surface area contributed by atoms with Gasteiger partial charge in [0.05, 0.1) is 30.2 Å². The molecule has 1 aliphatic heterocycles. The van der Waals surface area contributed by atoms with E-state index in [-0.39, 0.29) is 17.9 Å². The van der Waals surface area contributed by atoms with Crippen LogP contribution in [-0.4, -0.2) is 71.2 Å². The molecule has 1 fully saturated rings. The summed E-state index contributed by atoms with van der Waals surface area (Å²) in [5, 5.41) is 21.0. The molecule has 1 unspecified atom stereocenters. The summed E-state index contributed by atoms with van der Waals surface area (Å²) < 4.78 is 44.7. The summed E-state index contributed by atoms with van der Waals surface area (Å²) in [5.74, 6) is -4.32. The topological polar surface area (TPSA) is 116 Å². The molecular formula is C20H19F3N4O4. The lowest BCUT2D eigenvalue weighted by atomic mass is 10.1. The Kier molecular flexibility index (Phi) is 6.60. The van der Waals surface area contributed by atoms with Crippen LogP contribution in [-0.2, 0) is 4.79 Å². The second-order valence-electron chi connectivity index (χ2n) is 7.07. The number of hydrogen-bond acceptors (Lipinski definition) is 6. The van der Waals surface area contributed by atoms with Gasteiger partial charge < -0.3 is 20.1 Å². The molecule has 0 radical (unpaired) electrons. The molecule has 8 nitrogen and oxygen atoms in total. The Labute approximate surface area is 175 Å². The molecular weight excluding hydrogens is 416 g/mol. The molecule has 1 aromatic carbocycles. The molecule has 164 valence electrons. The lowest BCUT2D eigenvalue weighted by Gasteiger charge is -2.19. The first kappa shape index (κ1) is 22.3. The predicted molar refractivity (Wildman–Crippen MR) is 102 cm³/mol. The number of fused-ring (bicyclic) bond motifs is 1. The van der Waals surface area contributed by atoms with Gasteiger partial charge in [-0.05, 0) is 24.3 Å². The molecule has 1 aromatic heterocycles. The van der Waals surface area contributed by atoms with E-state index in [2.05, 4.69) is 10.3 Å². The highest BCUT2D eigenvalue weighted by Crippen LogP contribution is 2.31. The van der Waals surface area contributed by atoms with Gasteiger partial charge in [-0.2, -0.15) is 5.26 Å². The van der Waals surface area contributed by atoms with Crippen molar-refractivity contribution in [1.29, 1.82) is 5.26 Å². The molecule has 2 heterocycles. The van der Waals surface area contributed by atoms with Crippen molar-refractivity contribution in [3.8, 4) is 11.8 Å². The van der Waals surface area contributed by atoms with Gasteiger partial charge in [0.25, 0.3) is 11.8 Å². The van der Waals surface area contributed by atoms with Crippen LogP contribution >= 0.6 is 0 Å². The van der Waals surface area contributed by atoms with Gasteiger partial charge in [0.15, 0.2) is 0 Å². The number of nitrogens with zero attached hydrogens (tertiary/aromatic N) is 3. The summed E-state index contributed by atoms with van der Waals surface area (Å²) in [7, 11) is 0. The maximum atomic E-state index is 13.5. The molecule has 0 bridgehead atoms. The van der Waals surface area contributed by atoms with E-state index in [1.807, 2.05) is 0 Å². The standard InChI is InChI=1S/C20H19F3N4O4/c21-7-13(28)10-31-14-1-2-17-16(5-14)15(3-4-25-17)19(30)26-9-18(29)27-11-20(22,23)6-12(27)8-24/h1-5,12-13,28H,6-7,9-11H2,(H,26,30)/t12-,13?/m0/s1/i21-1. The van der Waals surface area contributed by atoms with Crippen molar-refractivity contribution < 1.29 is 32.6 Å². The Morgan fingerprint density at radius 3 is 2.90 bits per heavy atom. The smallest absolute Gasteiger partial charge is 0.268 e. The number of aliphatic hydroxyl groups is 1. The molecule has 11 heteroatoms. The van der Waals surface area contributed by atoms with Crippen LogP contribution in [0.2, 0.25) is 0 Å². The number of nitriles is 1. The summed E-state index contributed by atoms with van der Waals surface area (Å²) in [6, 6.07) is 6.42. The van der Waals surface area contributed by atoms with Gasteiger partial charge in [0.1, 0.15) is 31.2 Å². The number of likely N-dealkylation sites (tertiary alicyclic amines) is 1. The van der Waals surface area contributed by atoms with Crippen molar-refractivity contribution in [3.63, 3.8) is 0 Å². The number of carbonyl (C=O) groups excluding carboxylic acids is 2. The number of nitrogens with one attached hydrogen (secondary N) is 1. The Bertz CT molecular complexity index is 1030. The molecule has 3 rings (SSSR count). The number of halogens is 3. The van der Waals surface area contributed by atoms with Crippen molar-refractivity contribution in [2.45, 2.75) is 24.5 Å². The third-order valence-corrected chi connectivity index (χ3v) is 4.72. The highest BCUT2D eigenvalue weighted by molar-refractivity contribution is 6.07. The summed E-state index contributed by atoms with van der Waals surface area (Å²) in [5.41, 5.74) is 0.596. The number of ether oxygens (including phenoxy) is 1. The predicted octanol–water partition coefficient (Wildman–Crippen LogP) is 1.43. The van der Waals surface area contributed by atoms with Crippen molar-refractivity contribution >= 4 is 22.7 Å². The fourth-order valence-electron chi connectivity index (χ4n) is 3.20. The minimum absolute atomic E-state index is 0.151. The molecule has 1 aliphatic rings. The first-order chi connectivity index (χ1) is 14.7. The largest absolute Gasteiger partial charge is 0.491 e. The van der Waals surface area contributed by atoms with E-state index in [1.54, 1.807) is 18.2 Å². The monoisotopic (exact) mass is 435 g/mol. The van der Waals surface area contributed by atoms with E-state index in [4.69, 9.17) is 10.00 Å². The molecule has 0 saturated carbocycles. The van der Waals surface area contributed by atoms with Crippen LogP contribution in [0.25, 0.3) is 10.9 Å². The van der Waals surface area contributed by atoms with E-state index < -0.39 is 56.1 Å². The molecule has 31 heavy (non-hydrogen) atoms. The quantitative estimate of drug-likeness (QED) is 0.680. The minimum atomic E-state index is -3.15. The van der Waals surface area contributed by atoms with E-state index in [9.17, 15) is 27.9 Å². The van der Waals surface area contributed by atoms with Gasteiger partial charge in [-0.1, -0.05) is 0 Å². The zero-order valence-corrected chi connectivity index (χ0v) is 16.2. The van der Waals surface area contributed by atoms with E-state index >= 15 is 0 Å². The van der Waals surface area contributed by atoms with Gasteiger partial charge in [-0.15, -0.1) is 0 Å². The van der Waals surface area contributed by atoms with Crippen LogP contribution in [0.1, 0.15) is 16.8 Å². The first-order valence-electron chi connectivity index (χ1n) is 9.35. The Hall–Kier alpha value is -3.39. The number of aromatic nitrogens is 1. The normalized spacial score (nSPS) is 18.4. The van der Waals surface area contributed by atoms with Crippen LogP contribution in [0.4, 0.5) is 13.2 Å². The molecule has 2 N–H and O–H groups in total. The second kappa shape index (κ2) is 9.18. The molecule has 2 aromatic rings. The Morgan fingerprint density at radius 2 is 2.19 bits per heavy atom. The average Bonchev–Trinajstić information content (AvgIpc) is 3.09. The third-order valence-electron chi connectivity index (χ3n) is 4.72. The first-order valence-corrected chi connectivity index (χ1v) is 9.35. The fraction of sp³-hybridized carbons (Fsp3) is 0.400. The van der Waals surface area contributed by atoms with Crippen molar-refractivity contribution in [2.75, 3.05) is 26.4 Å². The van der Waals surface area contributed by atoms with Gasteiger partial charge in [-0.25, -0.2) is 13.2 Å². The van der Waals surface area contributed by atoms with Crippen LogP contribution in [0, 0.1) is 11.3 Å². The van der Waals surface area contributed by atoms with Crippen molar-refractivity contribution in [1.82, 2.24) is 15.2 Å². The minimum Gasteiger partial charge on any atom is -0.491 e. The van der Waals surface area contributed by atoms with Crippen LogP contribution in [0.5, 0.6) is 5.75 Å².